The molecule has 0 fully saturated rings. The van der Waals surface area contributed by atoms with Gasteiger partial charge in [0.2, 0.25) is 0 Å². The van der Waals surface area contributed by atoms with Gasteiger partial charge in [-0.25, -0.2) is 0 Å². The topological polar surface area (TPSA) is 46.3 Å². The Morgan fingerprint density at radius 2 is 2.00 bits per heavy atom. The van der Waals surface area contributed by atoms with Gasteiger partial charge >= 0.3 is 0 Å². The molecule has 2 aromatic carbocycles. The summed E-state index contributed by atoms with van der Waals surface area (Å²) in [6.07, 6.45) is 1.04. The Morgan fingerprint density at radius 3 is 2.79 bits per heavy atom. The van der Waals surface area contributed by atoms with E-state index in [-0.39, 0.29) is 5.78 Å². The van der Waals surface area contributed by atoms with Crippen molar-refractivity contribution >= 4 is 22.8 Å². The fourth-order valence-electron chi connectivity index (χ4n) is 2.62. The van der Waals surface area contributed by atoms with Crippen molar-refractivity contribution < 1.29 is 4.79 Å². The lowest BCUT2D eigenvalue weighted by Gasteiger charge is -2.20. The van der Waals surface area contributed by atoms with E-state index in [2.05, 4.69) is 23.1 Å². The second-order valence-corrected chi connectivity index (χ2v) is 4.86. The first-order valence-electron chi connectivity index (χ1n) is 6.43. The highest BCUT2D eigenvalue weighted by atomic mass is 16.1. The first-order chi connectivity index (χ1) is 9.16. The fraction of sp³-hybridized carbons (Fsp3) is 0.188. The molecule has 0 amide bonds. The number of Topliss-reactive ketones (excluding diaryl/α,β-unsaturated/α-hetero) is 1. The Morgan fingerprint density at radius 1 is 1.21 bits per heavy atom. The molecule has 0 bridgehead atoms. The van der Waals surface area contributed by atoms with Crippen LogP contribution in [0.15, 0.2) is 42.5 Å². The minimum absolute atomic E-state index is 0.00633. The number of para-hydroxylation sites is 1. The molecule has 2 aromatic rings. The van der Waals surface area contributed by atoms with Crippen molar-refractivity contribution in [2.45, 2.75) is 13.3 Å². The van der Waals surface area contributed by atoms with Crippen molar-refractivity contribution in [3.63, 3.8) is 0 Å². The van der Waals surface area contributed by atoms with Gasteiger partial charge in [-0.3, -0.25) is 4.79 Å². The van der Waals surface area contributed by atoms with Crippen LogP contribution in [-0.2, 0) is 6.42 Å². The Labute approximate surface area is 112 Å². The van der Waals surface area contributed by atoms with Crippen molar-refractivity contribution in [1.82, 2.24) is 0 Å². The lowest BCUT2D eigenvalue weighted by atomic mass is 10.1. The summed E-state index contributed by atoms with van der Waals surface area (Å²) < 4.78 is 0. The number of hydrogen-bond donors (Lipinski definition) is 1. The molecule has 1 heterocycles. The van der Waals surface area contributed by atoms with Crippen molar-refractivity contribution in [2.75, 3.05) is 17.2 Å². The predicted molar refractivity (Wildman–Crippen MR) is 78.0 cm³/mol. The van der Waals surface area contributed by atoms with E-state index in [1.807, 2.05) is 24.3 Å². The van der Waals surface area contributed by atoms with Gasteiger partial charge in [0.1, 0.15) is 0 Å². The number of nitrogen functional groups attached to an aromatic ring is 1. The SMILES string of the molecule is CC(=O)c1cc(N2CCc3ccccc32)ccc1N. The Bertz CT molecular complexity index is 649. The molecule has 0 spiro atoms. The second-order valence-electron chi connectivity index (χ2n) is 4.86. The minimum Gasteiger partial charge on any atom is -0.398 e. The molecule has 0 radical (unpaired) electrons. The summed E-state index contributed by atoms with van der Waals surface area (Å²) in [5, 5.41) is 0. The van der Waals surface area contributed by atoms with Gasteiger partial charge in [-0.2, -0.15) is 0 Å². The van der Waals surface area contributed by atoms with Crippen LogP contribution in [0, 0.1) is 0 Å². The average molecular weight is 252 g/mol. The molecule has 1 aliphatic heterocycles. The van der Waals surface area contributed by atoms with Gasteiger partial charge in [0.15, 0.2) is 5.78 Å². The Balaban J connectivity index is 2.05. The number of nitrogens with two attached hydrogens (primary N) is 1. The van der Waals surface area contributed by atoms with Crippen LogP contribution in [0.1, 0.15) is 22.8 Å². The van der Waals surface area contributed by atoms with Crippen LogP contribution in [0.3, 0.4) is 0 Å². The highest BCUT2D eigenvalue weighted by Gasteiger charge is 2.20. The zero-order valence-corrected chi connectivity index (χ0v) is 10.9. The van der Waals surface area contributed by atoms with Gasteiger partial charge in [0.25, 0.3) is 0 Å². The number of nitrogens with zero attached hydrogens (tertiary/aromatic N) is 1. The van der Waals surface area contributed by atoms with Crippen molar-refractivity contribution in [1.29, 1.82) is 0 Å². The molecule has 19 heavy (non-hydrogen) atoms. The molecule has 0 aliphatic carbocycles. The maximum atomic E-state index is 11.6. The number of benzene rings is 2. The minimum atomic E-state index is 0.00633. The number of carbonyl (C=O) groups excluding carboxylic acids is 1. The number of anilines is 3. The van der Waals surface area contributed by atoms with Crippen LogP contribution in [0.2, 0.25) is 0 Å². The number of rotatable bonds is 2. The van der Waals surface area contributed by atoms with Crippen LogP contribution in [-0.4, -0.2) is 12.3 Å². The number of hydrogen-bond acceptors (Lipinski definition) is 3. The fourth-order valence-corrected chi connectivity index (χ4v) is 2.62. The van der Waals surface area contributed by atoms with Crippen LogP contribution in [0.4, 0.5) is 17.1 Å². The maximum Gasteiger partial charge on any atom is 0.161 e. The van der Waals surface area contributed by atoms with E-state index in [1.165, 1.54) is 11.3 Å². The largest absolute Gasteiger partial charge is 0.398 e. The highest BCUT2D eigenvalue weighted by molar-refractivity contribution is 6.00. The normalized spacial score (nSPS) is 13.4. The van der Waals surface area contributed by atoms with Crippen molar-refractivity contribution in [3.8, 4) is 0 Å². The zero-order valence-electron chi connectivity index (χ0n) is 10.9. The molecule has 0 saturated heterocycles. The third kappa shape index (κ3) is 1.97. The van der Waals surface area contributed by atoms with Gasteiger partial charge in [-0.05, 0) is 43.2 Å². The molecule has 0 atom stereocenters. The zero-order chi connectivity index (χ0) is 13.4. The summed E-state index contributed by atoms with van der Waals surface area (Å²) in [7, 11) is 0. The molecular formula is C16H16N2O. The molecule has 0 aromatic heterocycles. The van der Waals surface area contributed by atoms with Gasteiger partial charge in [-0.15, -0.1) is 0 Å². The third-order valence-electron chi connectivity index (χ3n) is 3.62. The molecule has 1 aliphatic rings. The molecular weight excluding hydrogens is 236 g/mol. The second kappa shape index (κ2) is 4.43. The number of fused-ring (bicyclic) bond motifs is 1. The lowest BCUT2D eigenvalue weighted by Crippen LogP contribution is -2.14. The summed E-state index contributed by atoms with van der Waals surface area (Å²) in [5.41, 5.74) is 10.6. The van der Waals surface area contributed by atoms with E-state index in [0.717, 1.165) is 18.7 Å². The van der Waals surface area contributed by atoms with Gasteiger partial charge in [0.05, 0.1) is 0 Å². The maximum absolute atomic E-state index is 11.6. The van der Waals surface area contributed by atoms with Crippen molar-refractivity contribution in [3.05, 3.63) is 53.6 Å². The highest BCUT2D eigenvalue weighted by Crippen LogP contribution is 2.35. The summed E-state index contributed by atoms with van der Waals surface area (Å²) in [6, 6.07) is 14.0. The smallest absolute Gasteiger partial charge is 0.161 e. The van der Waals surface area contributed by atoms with Crippen LogP contribution in [0.25, 0.3) is 0 Å². The quantitative estimate of drug-likeness (QED) is 0.659. The molecule has 96 valence electrons. The van der Waals surface area contributed by atoms with Crippen LogP contribution < -0.4 is 10.6 Å². The van der Waals surface area contributed by atoms with Gasteiger partial charge in [0, 0.05) is 29.2 Å². The molecule has 0 unspecified atom stereocenters. The molecule has 3 rings (SSSR count). The third-order valence-corrected chi connectivity index (χ3v) is 3.62. The standard InChI is InChI=1S/C16H16N2O/c1-11(19)14-10-13(6-7-15(14)17)18-9-8-12-4-2-3-5-16(12)18/h2-7,10H,8-9,17H2,1H3. The number of carbonyl (C=O) groups is 1. The molecule has 0 saturated carbocycles. The number of ketones is 1. The summed E-state index contributed by atoms with van der Waals surface area (Å²) in [6.45, 7) is 2.49. The van der Waals surface area contributed by atoms with Gasteiger partial charge < -0.3 is 10.6 Å². The van der Waals surface area contributed by atoms with Crippen molar-refractivity contribution in [2.24, 2.45) is 0 Å². The Kier molecular flexibility index (Phi) is 2.75. The lowest BCUT2D eigenvalue weighted by molar-refractivity contribution is 0.101. The first kappa shape index (κ1) is 11.8. The van der Waals surface area contributed by atoms with E-state index in [9.17, 15) is 4.79 Å². The summed E-state index contributed by atoms with van der Waals surface area (Å²) in [4.78, 5) is 13.8. The molecule has 2 N–H and O–H groups in total. The first-order valence-corrected chi connectivity index (χ1v) is 6.43. The van der Waals surface area contributed by atoms with E-state index in [1.54, 1.807) is 6.92 Å². The monoisotopic (exact) mass is 252 g/mol. The van der Waals surface area contributed by atoms with Gasteiger partial charge in [-0.1, -0.05) is 18.2 Å². The van der Waals surface area contributed by atoms with Crippen LogP contribution >= 0.6 is 0 Å². The van der Waals surface area contributed by atoms with E-state index in [4.69, 9.17) is 5.73 Å². The Hall–Kier alpha value is -2.29. The van der Waals surface area contributed by atoms with E-state index < -0.39 is 0 Å². The molecule has 3 heteroatoms. The predicted octanol–water partition coefficient (Wildman–Crippen LogP) is 3.17. The van der Waals surface area contributed by atoms with E-state index in [0.29, 0.717) is 11.3 Å². The summed E-state index contributed by atoms with van der Waals surface area (Å²) in [5.74, 6) is 0.00633. The summed E-state index contributed by atoms with van der Waals surface area (Å²) >= 11 is 0. The average Bonchev–Trinajstić information content (AvgIpc) is 2.83. The van der Waals surface area contributed by atoms with E-state index >= 15 is 0 Å². The molecule has 3 nitrogen and oxygen atoms in total. The van der Waals surface area contributed by atoms with Crippen LogP contribution in [0.5, 0.6) is 0 Å².